The third-order valence-corrected chi connectivity index (χ3v) is 6.34. The molecule has 0 amide bonds. The normalized spacial score (nSPS) is 15.0. The second-order valence-electron chi connectivity index (χ2n) is 8.57. The monoisotopic (exact) mass is 395 g/mol. The average Bonchev–Trinajstić information content (AvgIpc) is 3.20. The summed E-state index contributed by atoms with van der Waals surface area (Å²) in [5, 5.41) is 0. The van der Waals surface area contributed by atoms with Gasteiger partial charge in [0.05, 0.1) is 5.69 Å². The summed E-state index contributed by atoms with van der Waals surface area (Å²) in [4.78, 5) is 7.59. The SMILES string of the molecule is Cc1c(-c2ccccc2)cccc1-c1cn2cc(CN3CCCCC3)cc(C)c2n1. The summed E-state index contributed by atoms with van der Waals surface area (Å²) in [6.45, 7) is 7.86. The third kappa shape index (κ3) is 3.66. The first kappa shape index (κ1) is 19.1. The van der Waals surface area contributed by atoms with Crippen molar-refractivity contribution in [2.75, 3.05) is 13.1 Å². The maximum Gasteiger partial charge on any atom is 0.140 e. The molecule has 2 aromatic carbocycles. The zero-order valence-electron chi connectivity index (χ0n) is 17.9. The lowest BCUT2D eigenvalue weighted by Crippen LogP contribution is -2.29. The second kappa shape index (κ2) is 8.08. The Bertz CT molecular complexity index is 1170. The maximum atomic E-state index is 5.02. The van der Waals surface area contributed by atoms with Crippen molar-refractivity contribution in [2.45, 2.75) is 39.7 Å². The van der Waals surface area contributed by atoms with Crippen LogP contribution in [0.4, 0.5) is 0 Å². The van der Waals surface area contributed by atoms with Gasteiger partial charge in [-0.25, -0.2) is 4.98 Å². The molecule has 0 unspecified atom stereocenters. The van der Waals surface area contributed by atoms with Gasteiger partial charge in [-0.05, 0) is 73.7 Å². The molecule has 2 aromatic heterocycles. The fraction of sp³-hybridized carbons (Fsp3) is 0.296. The Balaban J connectivity index is 1.52. The third-order valence-electron chi connectivity index (χ3n) is 6.34. The van der Waals surface area contributed by atoms with Gasteiger partial charge in [-0.15, -0.1) is 0 Å². The lowest BCUT2D eigenvalue weighted by atomic mass is 9.95. The van der Waals surface area contributed by atoms with E-state index in [9.17, 15) is 0 Å². The van der Waals surface area contributed by atoms with Gasteiger partial charge in [0, 0.05) is 24.5 Å². The number of pyridine rings is 1. The van der Waals surface area contributed by atoms with Gasteiger partial charge < -0.3 is 4.40 Å². The number of piperidine rings is 1. The molecule has 1 saturated heterocycles. The molecular formula is C27H29N3. The van der Waals surface area contributed by atoms with Crippen molar-refractivity contribution in [3.63, 3.8) is 0 Å². The van der Waals surface area contributed by atoms with Crippen molar-refractivity contribution in [2.24, 2.45) is 0 Å². The Morgan fingerprint density at radius 1 is 0.833 bits per heavy atom. The number of hydrogen-bond acceptors (Lipinski definition) is 2. The molecule has 1 fully saturated rings. The van der Waals surface area contributed by atoms with Gasteiger partial charge >= 0.3 is 0 Å². The van der Waals surface area contributed by atoms with Gasteiger partial charge in [-0.3, -0.25) is 4.90 Å². The number of imidazole rings is 1. The van der Waals surface area contributed by atoms with E-state index in [0.29, 0.717) is 0 Å². The predicted molar refractivity (Wildman–Crippen MR) is 125 cm³/mol. The first-order chi connectivity index (χ1) is 14.7. The summed E-state index contributed by atoms with van der Waals surface area (Å²) < 4.78 is 2.22. The van der Waals surface area contributed by atoms with E-state index < -0.39 is 0 Å². The Hall–Kier alpha value is -2.91. The van der Waals surface area contributed by atoms with Crippen LogP contribution >= 0.6 is 0 Å². The standard InChI is InChI=1S/C27H29N3/c1-20-16-22(17-29-14-7-4-8-15-29)18-30-19-26(28-27(20)30)25-13-9-12-24(21(25)2)23-10-5-3-6-11-23/h3,5-6,9-13,16,18-19H,4,7-8,14-15,17H2,1-2H3. The van der Waals surface area contributed by atoms with Crippen LogP contribution in [0.2, 0.25) is 0 Å². The molecule has 0 bridgehead atoms. The molecule has 0 saturated carbocycles. The molecule has 3 heteroatoms. The van der Waals surface area contributed by atoms with Gasteiger partial charge in [-0.1, -0.05) is 55.0 Å². The number of benzene rings is 2. The van der Waals surface area contributed by atoms with E-state index in [1.807, 2.05) is 0 Å². The molecular weight excluding hydrogens is 366 g/mol. The topological polar surface area (TPSA) is 20.5 Å². The molecule has 1 aliphatic rings. The fourth-order valence-electron chi connectivity index (χ4n) is 4.78. The zero-order chi connectivity index (χ0) is 20.5. The summed E-state index contributed by atoms with van der Waals surface area (Å²) >= 11 is 0. The molecule has 30 heavy (non-hydrogen) atoms. The highest BCUT2D eigenvalue weighted by Crippen LogP contribution is 2.32. The number of hydrogen-bond donors (Lipinski definition) is 0. The number of aromatic nitrogens is 2. The average molecular weight is 396 g/mol. The second-order valence-corrected chi connectivity index (χ2v) is 8.57. The lowest BCUT2D eigenvalue weighted by Gasteiger charge is -2.26. The number of fused-ring (bicyclic) bond motifs is 1. The van der Waals surface area contributed by atoms with Gasteiger partial charge in [0.2, 0.25) is 0 Å². The summed E-state index contributed by atoms with van der Waals surface area (Å²) in [5.41, 5.74) is 9.72. The Labute approximate surface area is 179 Å². The molecule has 3 nitrogen and oxygen atoms in total. The van der Waals surface area contributed by atoms with Crippen molar-refractivity contribution in [3.8, 4) is 22.4 Å². The van der Waals surface area contributed by atoms with Crippen molar-refractivity contribution < 1.29 is 0 Å². The summed E-state index contributed by atoms with van der Waals surface area (Å²) in [7, 11) is 0. The number of likely N-dealkylation sites (tertiary alicyclic amines) is 1. The highest BCUT2D eigenvalue weighted by Gasteiger charge is 2.14. The molecule has 3 heterocycles. The van der Waals surface area contributed by atoms with Crippen molar-refractivity contribution in [3.05, 3.63) is 83.7 Å². The fourth-order valence-corrected chi connectivity index (χ4v) is 4.78. The van der Waals surface area contributed by atoms with Crippen molar-refractivity contribution in [1.82, 2.24) is 14.3 Å². The molecule has 152 valence electrons. The summed E-state index contributed by atoms with van der Waals surface area (Å²) in [5.74, 6) is 0. The van der Waals surface area contributed by atoms with Crippen LogP contribution < -0.4 is 0 Å². The van der Waals surface area contributed by atoms with E-state index in [1.54, 1.807) is 0 Å². The van der Waals surface area contributed by atoms with Crippen molar-refractivity contribution in [1.29, 1.82) is 0 Å². The van der Waals surface area contributed by atoms with Crippen LogP contribution in [0.25, 0.3) is 28.0 Å². The van der Waals surface area contributed by atoms with Gasteiger partial charge in [-0.2, -0.15) is 0 Å². The van der Waals surface area contributed by atoms with E-state index in [0.717, 1.165) is 17.9 Å². The molecule has 0 radical (unpaired) electrons. The van der Waals surface area contributed by atoms with Crippen LogP contribution in [0.15, 0.2) is 67.0 Å². The molecule has 5 rings (SSSR count). The molecule has 0 atom stereocenters. The minimum absolute atomic E-state index is 1.03. The van der Waals surface area contributed by atoms with E-state index in [2.05, 4.69) is 90.1 Å². The molecule has 0 N–H and O–H groups in total. The molecule has 0 spiro atoms. The Kier molecular flexibility index (Phi) is 5.14. The Morgan fingerprint density at radius 3 is 2.40 bits per heavy atom. The van der Waals surface area contributed by atoms with Crippen molar-refractivity contribution >= 4 is 5.65 Å². The van der Waals surface area contributed by atoms with E-state index >= 15 is 0 Å². The maximum absolute atomic E-state index is 5.02. The van der Waals surface area contributed by atoms with Crippen LogP contribution in [-0.2, 0) is 6.54 Å². The quantitative estimate of drug-likeness (QED) is 0.406. The highest BCUT2D eigenvalue weighted by molar-refractivity contribution is 5.77. The largest absolute Gasteiger partial charge is 0.306 e. The van der Waals surface area contributed by atoms with Gasteiger partial charge in [0.25, 0.3) is 0 Å². The van der Waals surface area contributed by atoms with Crippen LogP contribution in [0.5, 0.6) is 0 Å². The first-order valence-corrected chi connectivity index (χ1v) is 11.0. The zero-order valence-corrected chi connectivity index (χ0v) is 17.9. The van der Waals surface area contributed by atoms with E-state index in [1.165, 1.54) is 65.7 Å². The Morgan fingerprint density at radius 2 is 1.60 bits per heavy atom. The minimum atomic E-state index is 1.03. The van der Waals surface area contributed by atoms with Crippen LogP contribution in [-0.4, -0.2) is 27.4 Å². The van der Waals surface area contributed by atoms with Crippen LogP contribution in [0.3, 0.4) is 0 Å². The smallest absolute Gasteiger partial charge is 0.140 e. The van der Waals surface area contributed by atoms with E-state index in [4.69, 9.17) is 4.98 Å². The van der Waals surface area contributed by atoms with Crippen LogP contribution in [0.1, 0.15) is 36.0 Å². The van der Waals surface area contributed by atoms with Crippen LogP contribution in [0, 0.1) is 13.8 Å². The van der Waals surface area contributed by atoms with Gasteiger partial charge in [0.1, 0.15) is 5.65 Å². The lowest BCUT2D eigenvalue weighted by molar-refractivity contribution is 0.220. The molecule has 4 aromatic rings. The molecule has 0 aliphatic carbocycles. The highest BCUT2D eigenvalue weighted by atomic mass is 15.1. The minimum Gasteiger partial charge on any atom is -0.306 e. The summed E-state index contributed by atoms with van der Waals surface area (Å²) in [6, 6.07) is 19.4. The summed E-state index contributed by atoms with van der Waals surface area (Å²) in [6.07, 6.45) is 8.49. The number of aryl methyl sites for hydroxylation is 1. The predicted octanol–water partition coefficient (Wildman–Crippen LogP) is 6.27. The first-order valence-electron chi connectivity index (χ1n) is 11.0. The van der Waals surface area contributed by atoms with E-state index in [-0.39, 0.29) is 0 Å². The molecule has 1 aliphatic heterocycles. The number of nitrogens with zero attached hydrogens (tertiary/aromatic N) is 3. The van der Waals surface area contributed by atoms with Gasteiger partial charge in [0.15, 0.2) is 0 Å². The number of rotatable bonds is 4.